The number of hydrogen-bond donors (Lipinski definition) is 3. The third-order valence-electron chi connectivity index (χ3n) is 6.19. The van der Waals surface area contributed by atoms with Gasteiger partial charge in [-0.05, 0) is 51.3 Å². The number of hydrogen-bond acceptors (Lipinski definition) is 6. The Morgan fingerprint density at radius 1 is 1.25 bits per heavy atom. The number of nitrogens with zero attached hydrogens (tertiary/aromatic N) is 1. The SMILES string of the molecule is C=CC(C=C/C=C/CNC(=O)C1(NC(=O)OC(C)(C)C)CC1)C1=CC=C=C(N2CC(CNC(C)=O)OC2=O)C=C1. The Kier molecular flexibility index (Phi) is 9.96. The average molecular weight is 551 g/mol. The fraction of sp³-hybridized carbons (Fsp3) is 0.433. The van der Waals surface area contributed by atoms with Gasteiger partial charge in [-0.2, -0.15) is 0 Å². The van der Waals surface area contributed by atoms with Gasteiger partial charge in [0.25, 0.3) is 0 Å². The summed E-state index contributed by atoms with van der Waals surface area (Å²) in [6, 6.07) is 0. The molecule has 2 atom stereocenters. The van der Waals surface area contributed by atoms with Crippen molar-refractivity contribution in [2.24, 2.45) is 5.92 Å². The first kappa shape index (κ1) is 30.2. The lowest BCUT2D eigenvalue weighted by molar-refractivity contribution is -0.124. The first-order valence-corrected chi connectivity index (χ1v) is 13.3. The van der Waals surface area contributed by atoms with Crippen LogP contribution in [-0.2, 0) is 19.1 Å². The molecule has 3 N–H and O–H groups in total. The first-order valence-electron chi connectivity index (χ1n) is 13.3. The second-order valence-electron chi connectivity index (χ2n) is 10.7. The summed E-state index contributed by atoms with van der Waals surface area (Å²) in [7, 11) is 0. The minimum absolute atomic E-state index is 0.0984. The van der Waals surface area contributed by atoms with E-state index in [-0.39, 0.29) is 24.3 Å². The van der Waals surface area contributed by atoms with Gasteiger partial charge < -0.3 is 25.4 Å². The van der Waals surface area contributed by atoms with Gasteiger partial charge in [0, 0.05) is 19.4 Å². The Balaban J connectivity index is 1.47. The highest BCUT2D eigenvalue weighted by molar-refractivity contribution is 5.92. The van der Waals surface area contributed by atoms with Crippen molar-refractivity contribution in [1.82, 2.24) is 20.9 Å². The van der Waals surface area contributed by atoms with E-state index >= 15 is 0 Å². The van der Waals surface area contributed by atoms with E-state index in [0.29, 0.717) is 31.6 Å². The molecule has 0 radical (unpaired) electrons. The minimum Gasteiger partial charge on any atom is -0.444 e. The summed E-state index contributed by atoms with van der Waals surface area (Å²) in [4.78, 5) is 49.5. The molecule has 0 aromatic rings. The molecule has 2 fully saturated rings. The zero-order valence-corrected chi connectivity index (χ0v) is 23.5. The summed E-state index contributed by atoms with van der Waals surface area (Å²) >= 11 is 0. The number of nitrogens with one attached hydrogen (secondary N) is 3. The second-order valence-corrected chi connectivity index (χ2v) is 10.7. The number of carbonyl (C=O) groups is 4. The van der Waals surface area contributed by atoms with E-state index in [4.69, 9.17) is 9.47 Å². The van der Waals surface area contributed by atoms with E-state index in [9.17, 15) is 19.2 Å². The number of alkyl carbamates (subject to hydrolysis) is 1. The lowest BCUT2D eigenvalue weighted by atomic mass is 9.97. The molecule has 10 nitrogen and oxygen atoms in total. The van der Waals surface area contributed by atoms with Gasteiger partial charge in [0.15, 0.2) is 0 Å². The largest absolute Gasteiger partial charge is 0.444 e. The maximum absolute atomic E-state index is 12.6. The van der Waals surface area contributed by atoms with Crippen molar-refractivity contribution >= 4 is 24.0 Å². The highest BCUT2D eigenvalue weighted by Crippen LogP contribution is 2.35. The molecule has 0 bridgehead atoms. The molecule has 0 spiro atoms. The summed E-state index contributed by atoms with van der Waals surface area (Å²) in [6.45, 7) is 11.5. The van der Waals surface area contributed by atoms with Crippen LogP contribution in [0.3, 0.4) is 0 Å². The molecule has 3 aliphatic rings. The summed E-state index contributed by atoms with van der Waals surface area (Å²) in [5, 5.41) is 8.17. The fourth-order valence-electron chi connectivity index (χ4n) is 3.98. The predicted molar refractivity (Wildman–Crippen MR) is 151 cm³/mol. The van der Waals surface area contributed by atoms with E-state index in [2.05, 4.69) is 28.3 Å². The molecule has 2 unspecified atom stereocenters. The summed E-state index contributed by atoms with van der Waals surface area (Å²) in [6.07, 6.45) is 16.2. The van der Waals surface area contributed by atoms with Crippen molar-refractivity contribution in [3.8, 4) is 0 Å². The molecule has 4 amide bonds. The van der Waals surface area contributed by atoms with Crippen LogP contribution >= 0.6 is 0 Å². The van der Waals surface area contributed by atoms with Crippen LogP contribution < -0.4 is 16.0 Å². The van der Waals surface area contributed by atoms with Gasteiger partial charge >= 0.3 is 12.2 Å². The van der Waals surface area contributed by atoms with E-state index < -0.39 is 29.4 Å². The molecule has 0 aromatic carbocycles. The molecule has 1 saturated heterocycles. The number of rotatable bonds is 11. The smallest absolute Gasteiger partial charge is 0.415 e. The topological polar surface area (TPSA) is 126 Å². The zero-order chi connectivity index (χ0) is 29.3. The number of allylic oxidation sites excluding steroid dienone is 8. The number of ether oxygens (including phenoxy) is 2. The quantitative estimate of drug-likeness (QED) is 0.205. The van der Waals surface area contributed by atoms with Gasteiger partial charge in [0.05, 0.1) is 18.8 Å². The van der Waals surface area contributed by atoms with Gasteiger partial charge in [-0.3, -0.25) is 14.5 Å². The molecule has 1 aliphatic heterocycles. The van der Waals surface area contributed by atoms with Crippen LogP contribution in [0.1, 0.15) is 40.5 Å². The molecule has 2 aliphatic carbocycles. The molecular formula is C30H38N4O6. The second kappa shape index (κ2) is 13.2. The lowest BCUT2D eigenvalue weighted by Crippen LogP contribution is -2.50. The number of cyclic esters (lactones) is 1. The normalized spacial score (nSPS) is 20.4. The van der Waals surface area contributed by atoms with E-state index in [0.717, 1.165) is 5.57 Å². The summed E-state index contributed by atoms with van der Waals surface area (Å²) < 4.78 is 10.6. The molecule has 40 heavy (non-hydrogen) atoms. The molecule has 10 heteroatoms. The van der Waals surface area contributed by atoms with Gasteiger partial charge in [0.1, 0.15) is 17.2 Å². The Morgan fingerprint density at radius 2 is 2.00 bits per heavy atom. The van der Waals surface area contributed by atoms with Crippen molar-refractivity contribution in [3.05, 3.63) is 78.3 Å². The van der Waals surface area contributed by atoms with Gasteiger partial charge in [-0.15, -0.1) is 6.58 Å². The standard InChI is InChI=1S/C30H38N4O6/c1-6-22(11-8-7-9-18-31-26(36)30(16-17-30)33-27(37)40-29(3,4)5)23-12-10-13-24(15-14-23)34-20-25(39-28(34)38)19-32-21(2)35/h6-12,14-15,22,25H,1,16-20H2,2-5H3,(H,31,36)(H,32,35)(H,33,37)/b9-7+,11-8?. The molecule has 214 valence electrons. The Bertz CT molecular complexity index is 1210. The van der Waals surface area contributed by atoms with Crippen molar-refractivity contribution in [2.75, 3.05) is 19.6 Å². The monoisotopic (exact) mass is 550 g/mol. The highest BCUT2D eigenvalue weighted by Gasteiger charge is 2.51. The van der Waals surface area contributed by atoms with E-state index in [1.165, 1.54) is 11.8 Å². The van der Waals surface area contributed by atoms with Crippen molar-refractivity contribution in [3.63, 3.8) is 0 Å². The van der Waals surface area contributed by atoms with Crippen LogP contribution in [0.5, 0.6) is 0 Å². The van der Waals surface area contributed by atoms with Crippen LogP contribution in [-0.4, -0.2) is 65.8 Å². The third-order valence-corrected chi connectivity index (χ3v) is 6.19. The molecule has 3 rings (SSSR count). The maximum Gasteiger partial charge on any atom is 0.415 e. The lowest BCUT2D eigenvalue weighted by Gasteiger charge is -2.22. The molecule has 0 aromatic heterocycles. The zero-order valence-electron chi connectivity index (χ0n) is 23.5. The predicted octanol–water partition coefficient (Wildman–Crippen LogP) is 3.57. The molecular weight excluding hydrogens is 512 g/mol. The first-order chi connectivity index (χ1) is 18.9. The highest BCUT2D eigenvalue weighted by atomic mass is 16.6. The van der Waals surface area contributed by atoms with Gasteiger partial charge in [-0.1, -0.05) is 48.3 Å². The Hall–Kier alpha value is -4.30. The van der Waals surface area contributed by atoms with Crippen molar-refractivity contribution in [2.45, 2.75) is 57.8 Å². The van der Waals surface area contributed by atoms with Gasteiger partial charge in [-0.25, -0.2) is 9.59 Å². The maximum atomic E-state index is 12.6. The summed E-state index contributed by atoms with van der Waals surface area (Å²) in [5.74, 6) is -0.513. The van der Waals surface area contributed by atoms with Gasteiger partial charge in [0.2, 0.25) is 11.8 Å². The molecule has 1 heterocycles. The fourth-order valence-corrected chi connectivity index (χ4v) is 3.98. The van der Waals surface area contributed by atoms with Crippen LogP contribution in [0.15, 0.2) is 78.3 Å². The Morgan fingerprint density at radius 3 is 2.65 bits per heavy atom. The van der Waals surface area contributed by atoms with Crippen LogP contribution in [0.25, 0.3) is 0 Å². The summed E-state index contributed by atoms with van der Waals surface area (Å²) in [5.41, 5.74) is 3.09. The van der Waals surface area contributed by atoms with E-state index in [1.54, 1.807) is 39.0 Å². The van der Waals surface area contributed by atoms with Crippen LogP contribution in [0.2, 0.25) is 0 Å². The van der Waals surface area contributed by atoms with Crippen molar-refractivity contribution in [1.29, 1.82) is 0 Å². The molecule has 1 saturated carbocycles. The number of amides is 4. The van der Waals surface area contributed by atoms with Crippen LogP contribution in [0.4, 0.5) is 9.59 Å². The van der Waals surface area contributed by atoms with Crippen molar-refractivity contribution < 1.29 is 28.7 Å². The Labute approximate surface area is 235 Å². The van der Waals surface area contributed by atoms with E-state index in [1.807, 2.05) is 36.5 Å². The minimum atomic E-state index is -0.892. The number of carbonyl (C=O) groups excluding carboxylic acids is 4. The third kappa shape index (κ3) is 8.88. The van der Waals surface area contributed by atoms with Crippen LogP contribution in [0, 0.1) is 5.92 Å². The average Bonchev–Trinajstić information content (AvgIpc) is 3.61.